The Balaban J connectivity index is 0.895. The largest absolute Gasteiger partial charge is 0.457 e. The fourth-order valence-electron chi connectivity index (χ4n) is 5.98. The van der Waals surface area contributed by atoms with Gasteiger partial charge in [-0.15, -0.1) is 0 Å². The Labute approximate surface area is 302 Å². The Bertz CT molecular complexity index is 2200. The second-order valence-corrected chi connectivity index (χ2v) is 14.5. The van der Waals surface area contributed by atoms with Crippen molar-refractivity contribution in [3.8, 4) is 11.5 Å². The van der Waals surface area contributed by atoms with Crippen LogP contribution in [0.5, 0.6) is 11.5 Å². The number of carbonyl (C=O) groups excluding carboxylic acids is 4. The number of amides is 4. The first-order chi connectivity index (χ1) is 24.7. The lowest BCUT2D eigenvalue weighted by Crippen LogP contribution is -2.29. The maximum Gasteiger partial charge on any atom is 0.266 e. The number of benzene rings is 6. The number of fused-ring (bicyclic) bond motifs is 2. The number of rotatable bonds is 8. The third-order valence-corrected chi connectivity index (χ3v) is 10.6. The van der Waals surface area contributed by atoms with E-state index in [2.05, 4.69) is 0 Å². The van der Waals surface area contributed by atoms with Crippen molar-refractivity contribution >= 4 is 58.5 Å². The molecule has 0 aliphatic carbocycles. The third-order valence-electron chi connectivity index (χ3n) is 8.65. The molecular weight excluding hydrogens is 677 g/mol. The molecule has 248 valence electrons. The van der Waals surface area contributed by atoms with Crippen molar-refractivity contribution in [2.75, 3.05) is 9.80 Å². The highest BCUT2D eigenvalue weighted by Crippen LogP contribution is 2.37. The van der Waals surface area contributed by atoms with Crippen LogP contribution in [0.2, 0.25) is 0 Å². The minimum atomic E-state index is -0.321. The first kappa shape index (κ1) is 32.3. The van der Waals surface area contributed by atoms with Gasteiger partial charge in [0.05, 0.1) is 33.6 Å². The van der Waals surface area contributed by atoms with Gasteiger partial charge in [-0.2, -0.15) is 0 Å². The number of hydrogen-bond acceptors (Lipinski definition) is 7. The molecule has 0 bridgehead atoms. The normalized spacial score (nSPS) is 13.5. The molecule has 0 saturated heterocycles. The van der Waals surface area contributed by atoms with Crippen molar-refractivity contribution in [3.63, 3.8) is 0 Å². The number of anilines is 2. The molecular formula is C42H28N2O5S2. The van der Waals surface area contributed by atoms with Crippen LogP contribution in [0, 0.1) is 13.8 Å². The van der Waals surface area contributed by atoms with Gasteiger partial charge in [0, 0.05) is 19.6 Å². The Hall–Kier alpha value is -5.90. The van der Waals surface area contributed by atoms with E-state index in [9.17, 15) is 19.2 Å². The molecule has 2 heterocycles. The van der Waals surface area contributed by atoms with E-state index in [1.54, 1.807) is 48.5 Å². The summed E-state index contributed by atoms with van der Waals surface area (Å²) in [5, 5.41) is 0. The average molecular weight is 705 g/mol. The number of nitrogens with zero attached hydrogens (tertiary/aromatic N) is 2. The van der Waals surface area contributed by atoms with Crippen LogP contribution in [-0.2, 0) is 0 Å². The summed E-state index contributed by atoms with van der Waals surface area (Å²) in [6, 6.07) is 40.7. The van der Waals surface area contributed by atoms with E-state index in [4.69, 9.17) is 4.74 Å². The molecule has 0 radical (unpaired) electrons. The van der Waals surface area contributed by atoms with Gasteiger partial charge in [0.15, 0.2) is 0 Å². The molecule has 0 N–H and O–H groups in total. The summed E-state index contributed by atoms with van der Waals surface area (Å²) in [6.45, 7) is 3.92. The molecule has 0 atom stereocenters. The van der Waals surface area contributed by atoms with E-state index in [1.807, 2.05) is 98.8 Å². The van der Waals surface area contributed by atoms with Crippen LogP contribution in [0.4, 0.5) is 11.4 Å². The Morgan fingerprint density at radius 1 is 0.392 bits per heavy atom. The van der Waals surface area contributed by atoms with E-state index >= 15 is 0 Å². The predicted octanol–water partition coefficient (Wildman–Crippen LogP) is 10.00. The maximum absolute atomic E-state index is 13.2. The highest BCUT2D eigenvalue weighted by Gasteiger charge is 2.38. The number of aryl methyl sites for hydroxylation is 2. The number of carbonyl (C=O) groups is 4. The second-order valence-electron chi connectivity index (χ2n) is 12.2. The molecule has 0 spiro atoms. The maximum atomic E-state index is 13.2. The monoisotopic (exact) mass is 704 g/mol. The molecule has 51 heavy (non-hydrogen) atoms. The Morgan fingerprint density at radius 2 is 0.725 bits per heavy atom. The van der Waals surface area contributed by atoms with Gasteiger partial charge >= 0.3 is 0 Å². The fraction of sp³-hybridized carbons (Fsp3) is 0.0476. The van der Waals surface area contributed by atoms with E-state index < -0.39 is 0 Å². The summed E-state index contributed by atoms with van der Waals surface area (Å²) < 4.78 is 6.09. The molecule has 6 aromatic carbocycles. The zero-order chi connectivity index (χ0) is 35.2. The minimum absolute atomic E-state index is 0.313. The molecule has 2 aliphatic rings. The van der Waals surface area contributed by atoms with Gasteiger partial charge in [0.25, 0.3) is 23.6 Å². The lowest BCUT2D eigenvalue weighted by molar-refractivity contribution is 0.0910. The molecule has 2 aliphatic heterocycles. The molecule has 9 heteroatoms. The molecule has 4 amide bonds. The second kappa shape index (κ2) is 13.1. The van der Waals surface area contributed by atoms with Crippen LogP contribution in [0.3, 0.4) is 0 Å². The summed E-state index contributed by atoms with van der Waals surface area (Å²) in [5.74, 6) is 0.0709. The van der Waals surface area contributed by atoms with Gasteiger partial charge < -0.3 is 4.74 Å². The molecule has 8 rings (SSSR count). The van der Waals surface area contributed by atoms with Gasteiger partial charge in [0.1, 0.15) is 11.5 Å². The van der Waals surface area contributed by atoms with Gasteiger partial charge in [-0.25, -0.2) is 9.80 Å². The smallest absolute Gasteiger partial charge is 0.266 e. The zero-order valence-corrected chi connectivity index (χ0v) is 29.1. The van der Waals surface area contributed by atoms with Crippen LogP contribution in [0.15, 0.2) is 153 Å². The molecule has 7 nitrogen and oxygen atoms in total. The van der Waals surface area contributed by atoms with Gasteiger partial charge in [-0.05, 0) is 123 Å². The van der Waals surface area contributed by atoms with Crippen LogP contribution in [0.25, 0.3) is 0 Å². The van der Waals surface area contributed by atoms with E-state index in [0.717, 1.165) is 30.7 Å². The average Bonchev–Trinajstić information content (AvgIpc) is 3.53. The molecule has 6 aromatic rings. The first-order valence-electron chi connectivity index (χ1n) is 16.1. The van der Waals surface area contributed by atoms with Gasteiger partial charge in [-0.3, -0.25) is 19.2 Å². The van der Waals surface area contributed by atoms with Crippen LogP contribution in [-0.4, -0.2) is 23.6 Å². The summed E-state index contributed by atoms with van der Waals surface area (Å²) >= 11 is 3.00. The molecule has 0 unspecified atom stereocenters. The lowest BCUT2D eigenvalue weighted by Gasteiger charge is -2.13. The van der Waals surface area contributed by atoms with Gasteiger partial charge in [-0.1, -0.05) is 58.9 Å². The van der Waals surface area contributed by atoms with Crippen molar-refractivity contribution < 1.29 is 23.9 Å². The molecule has 0 saturated carbocycles. The molecule has 0 fully saturated rings. The van der Waals surface area contributed by atoms with Crippen LogP contribution < -0.4 is 14.5 Å². The van der Waals surface area contributed by atoms with Gasteiger partial charge in [0.2, 0.25) is 0 Å². The SMILES string of the molecule is Cc1ccc(N2C(=O)c3ccc(Sc4ccc(Oc5ccc(Sc6ccc7c(c6)C(=O)N(c6ccc(C)cc6)C7=O)cc5)cc4)cc3C2=O)cc1. The number of ether oxygens (including phenoxy) is 1. The summed E-state index contributed by atoms with van der Waals surface area (Å²) in [4.78, 5) is 58.5. The van der Waals surface area contributed by atoms with Crippen molar-refractivity contribution in [2.24, 2.45) is 0 Å². The quantitative estimate of drug-likeness (QED) is 0.146. The minimum Gasteiger partial charge on any atom is -0.457 e. The van der Waals surface area contributed by atoms with E-state index in [-0.39, 0.29) is 23.6 Å². The number of imide groups is 2. The third kappa shape index (κ3) is 6.22. The summed E-state index contributed by atoms with van der Waals surface area (Å²) in [7, 11) is 0. The molecule has 0 aromatic heterocycles. The van der Waals surface area contributed by atoms with Crippen molar-refractivity contribution in [3.05, 3.63) is 167 Å². The first-order valence-corrected chi connectivity index (χ1v) is 17.8. The topological polar surface area (TPSA) is 84.0 Å². The number of hydrogen-bond donors (Lipinski definition) is 0. The van der Waals surface area contributed by atoms with Crippen molar-refractivity contribution in [2.45, 2.75) is 33.4 Å². The summed E-state index contributed by atoms with van der Waals surface area (Å²) in [6.07, 6.45) is 0. The highest BCUT2D eigenvalue weighted by atomic mass is 32.2. The zero-order valence-electron chi connectivity index (χ0n) is 27.5. The Morgan fingerprint density at radius 3 is 1.10 bits per heavy atom. The van der Waals surface area contributed by atoms with Crippen molar-refractivity contribution in [1.82, 2.24) is 0 Å². The van der Waals surface area contributed by atoms with Crippen LogP contribution in [0.1, 0.15) is 52.6 Å². The highest BCUT2D eigenvalue weighted by molar-refractivity contribution is 7.99. The summed E-state index contributed by atoms with van der Waals surface area (Å²) in [5.41, 5.74) is 4.84. The standard InChI is InChI=1S/C42H28N2O5S2/c1-25-3-7-27(8-4-25)43-39(45)35-21-19-33(23-37(35)41(43)47)50-31-15-11-29(12-16-31)49-30-13-17-32(18-14-30)51-34-20-22-36-38(24-34)42(48)44(40(36)46)28-9-5-26(2)6-10-28/h3-24H,1-2H3. The predicted molar refractivity (Wildman–Crippen MR) is 199 cm³/mol. The van der Waals surface area contributed by atoms with E-state index in [0.29, 0.717) is 45.1 Å². The van der Waals surface area contributed by atoms with E-state index in [1.165, 1.54) is 33.3 Å². The Kier molecular flexibility index (Phi) is 8.30. The lowest BCUT2D eigenvalue weighted by atomic mass is 10.1. The fourth-order valence-corrected chi connectivity index (χ4v) is 7.70. The van der Waals surface area contributed by atoms with Crippen LogP contribution >= 0.6 is 23.5 Å². The van der Waals surface area contributed by atoms with Crippen molar-refractivity contribution in [1.29, 1.82) is 0 Å².